The zero-order chi connectivity index (χ0) is 22.0. The highest BCUT2D eigenvalue weighted by atomic mass is 16.2. The second-order valence-corrected chi connectivity index (χ2v) is 7.63. The Kier molecular flexibility index (Phi) is 5.79. The first kappa shape index (κ1) is 20.9. The summed E-state index contributed by atoms with van der Waals surface area (Å²) in [6.45, 7) is 7.41. The van der Waals surface area contributed by atoms with E-state index in [2.05, 4.69) is 9.97 Å². The van der Waals surface area contributed by atoms with E-state index in [0.29, 0.717) is 11.1 Å². The number of H-pyrrole nitrogens is 1. The van der Waals surface area contributed by atoms with E-state index >= 15 is 0 Å². The number of pyridine rings is 1. The van der Waals surface area contributed by atoms with E-state index < -0.39 is 11.2 Å². The highest BCUT2D eigenvalue weighted by Crippen LogP contribution is 2.20. The Balaban J connectivity index is 2.28. The number of aryl methyl sites for hydroxylation is 2. The highest BCUT2D eigenvalue weighted by molar-refractivity contribution is 6.09. The predicted octanol–water partition coefficient (Wildman–Crippen LogP) is 2.82. The molecule has 0 amide bonds. The summed E-state index contributed by atoms with van der Waals surface area (Å²) in [6, 6.07) is 10.6. The zero-order valence-electron chi connectivity index (χ0n) is 17.3. The van der Waals surface area contributed by atoms with Gasteiger partial charge in [0.25, 0.3) is 5.56 Å². The predicted molar refractivity (Wildman–Crippen MR) is 113 cm³/mol. The van der Waals surface area contributed by atoms with Crippen LogP contribution in [0, 0.1) is 25.2 Å². The standard InChI is InChI=1S/C23H22N4O3/c1-13(2)19-20(21(28)17-8-14(3)7-15(4)9-17)27(23(30)26-22(19)29)12-16-5-6-25-18(10-16)11-24/h5-10,13H,12H2,1-4H3,(H,26,29,30). The van der Waals surface area contributed by atoms with Gasteiger partial charge < -0.3 is 0 Å². The van der Waals surface area contributed by atoms with Crippen LogP contribution in [0.4, 0.5) is 0 Å². The third-order valence-electron chi connectivity index (χ3n) is 4.79. The highest BCUT2D eigenvalue weighted by Gasteiger charge is 2.25. The molecule has 0 saturated carbocycles. The molecule has 0 aliphatic carbocycles. The number of hydrogen-bond donors (Lipinski definition) is 1. The van der Waals surface area contributed by atoms with Crippen molar-refractivity contribution < 1.29 is 4.79 Å². The average Bonchev–Trinajstić information content (AvgIpc) is 2.68. The number of aromatic amines is 1. The molecular formula is C23H22N4O3. The van der Waals surface area contributed by atoms with Gasteiger partial charge in [0.1, 0.15) is 17.5 Å². The summed E-state index contributed by atoms with van der Waals surface area (Å²) in [5, 5.41) is 9.10. The van der Waals surface area contributed by atoms with Crippen LogP contribution < -0.4 is 11.2 Å². The fraction of sp³-hybridized carbons (Fsp3) is 0.261. The smallest absolute Gasteiger partial charge is 0.287 e. The number of aromatic nitrogens is 3. The van der Waals surface area contributed by atoms with Crippen molar-refractivity contribution in [2.45, 2.75) is 40.2 Å². The number of nitriles is 1. The quantitative estimate of drug-likeness (QED) is 0.660. The molecule has 3 aromatic rings. The Hall–Kier alpha value is -3.79. The second-order valence-electron chi connectivity index (χ2n) is 7.63. The van der Waals surface area contributed by atoms with Crippen LogP contribution >= 0.6 is 0 Å². The number of nitrogens with one attached hydrogen (secondary N) is 1. The van der Waals surface area contributed by atoms with E-state index in [1.54, 1.807) is 38.1 Å². The molecule has 0 unspecified atom stereocenters. The van der Waals surface area contributed by atoms with E-state index in [9.17, 15) is 14.4 Å². The summed E-state index contributed by atoms with van der Waals surface area (Å²) in [5.41, 5.74) is 2.16. The summed E-state index contributed by atoms with van der Waals surface area (Å²) in [5.74, 6) is -0.666. The summed E-state index contributed by atoms with van der Waals surface area (Å²) in [4.78, 5) is 45.1. The number of carbonyl (C=O) groups is 1. The van der Waals surface area contributed by atoms with Crippen LogP contribution in [0.15, 0.2) is 46.1 Å². The van der Waals surface area contributed by atoms with Gasteiger partial charge in [0.05, 0.1) is 6.54 Å². The monoisotopic (exact) mass is 402 g/mol. The van der Waals surface area contributed by atoms with Crippen LogP contribution in [0.25, 0.3) is 0 Å². The number of hydrogen-bond acceptors (Lipinski definition) is 5. The molecule has 152 valence electrons. The zero-order valence-corrected chi connectivity index (χ0v) is 17.3. The minimum atomic E-state index is -0.674. The first-order valence-electron chi connectivity index (χ1n) is 9.56. The third-order valence-corrected chi connectivity index (χ3v) is 4.79. The van der Waals surface area contributed by atoms with Gasteiger partial charge >= 0.3 is 5.69 Å². The molecule has 7 nitrogen and oxygen atoms in total. The van der Waals surface area contributed by atoms with Crippen molar-refractivity contribution in [1.29, 1.82) is 5.26 Å². The maximum absolute atomic E-state index is 13.5. The number of rotatable bonds is 5. The van der Waals surface area contributed by atoms with Crippen molar-refractivity contribution in [1.82, 2.24) is 14.5 Å². The Bertz CT molecular complexity index is 1270. The Morgan fingerprint density at radius 3 is 2.43 bits per heavy atom. The van der Waals surface area contributed by atoms with Crippen LogP contribution in [-0.4, -0.2) is 20.3 Å². The molecule has 30 heavy (non-hydrogen) atoms. The van der Waals surface area contributed by atoms with Crippen LogP contribution in [0.2, 0.25) is 0 Å². The molecule has 0 saturated heterocycles. The fourth-order valence-corrected chi connectivity index (χ4v) is 3.58. The number of carbonyl (C=O) groups excluding carboxylic acids is 1. The first-order chi connectivity index (χ1) is 14.2. The van der Waals surface area contributed by atoms with Crippen molar-refractivity contribution in [3.8, 4) is 6.07 Å². The van der Waals surface area contributed by atoms with Gasteiger partial charge in [-0.2, -0.15) is 5.26 Å². The van der Waals surface area contributed by atoms with Gasteiger partial charge in [-0.05, 0) is 49.6 Å². The van der Waals surface area contributed by atoms with Gasteiger partial charge in [-0.3, -0.25) is 19.1 Å². The van der Waals surface area contributed by atoms with Crippen LogP contribution in [-0.2, 0) is 6.54 Å². The van der Waals surface area contributed by atoms with Crippen molar-refractivity contribution in [2.75, 3.05) is 0 Å². The van der Waals surface area contributed by atoms with Gasteiger partial charge in [-0.1, -0.05) is 31.0 Å². The molecule has 0 fully saturated rings. The minimum Gasteiger partial charge on any atom is -0.287 e. The largest absolute Gasteiger partial charge is 0.329 e. The van der Waals surface area contributed by atoms with Gasteiger partial charge in [0, 0.05) is 17.3 Å². The summed E-state index contributed by atoms with van der Waals surface area (Å²) in [7, 11) is 0. The molecule has 7 heteroatoms. The van der Waals surface area contributed by atoms with Crippen molar-refractivity contribution >= 4 is 5.78 Å². The summed E-state index contributed by atoms with van der Waals surface area (Å²) >= 11 is 0. The first-order valence-corrected chi connectivity index (χ1v) is 9.56. The molecule has 0 atom stereocenters. The van der Waals surface area contributed by atoms with Gasteiger partial charge in [-0.15, -0.1) is 0 Å². The molecular weight excluding hydrogens is 380 g/mol. The fourth-order valence-electron chi connectivity index (χ4n) is 3.58. The van der Waals surface area contributed by atoms with Crippen molar-refractivity contribution in [2.24, 2.45) is 0 Å². The average molecular weight is 402 g/mol. The van der Waals surface area contributed by atoms with Crippen molar-refractivity contribution in [3.05, 3.63) is 96.6 Å². The van der Waals surface area contributed by atoms with E-state index in [1.807, 2.05) is 26.0 Å². The second kappa shape index (κ2) is 8.29. The van der Waals surface area contributed by atoms with Gasteiger partial charge in [-0.25, -0.2) is 9.78 Å². The lowest BCUT2D eigenvalue weighted by Gasteiger charge is -2.18. The molecule has 1 aromatic carbocycles. The van der Waals surface area contributed by atoms with E-state index in [1.165, 1.54) is 10.8 Å². The SMILES string of the molecule is Cc1cc(C)cc(C(=O)c2c(C(C)C)c(=O)[nH]c(=O)n2Cc2ccnc(C#N)c2)c1. The maximum atomic E-state index is 13.5. The molecule has 0 aliphatic heterocycles. The molecule has 2 aromatic heterocycles. The maximum Gasteiger partial charge on any atom is 0.329 e. The molecule has 0 aliphatic rings. The molecule has 2 heterocycles. The van der Waals surface area contributed by atoms with E-state index in [0.717, 1.165) is 11.1 Å². The molecule has 0 radical (unpaired) electrons. The van der Waals surface area contributed by atoms with Crippen LogP contribution in [0.1, 0.15) is 63.8 Å². The Morgan fingerprint density at radius 2 is 1.83 bits per heavy atom. The summed E-state index contributed by atoms with van der Waals surface area (Å²) in [6.07, 6.45) is 1.47. The normalized spacial score (nSPS) is 10.8. The van der Waals surface area contributed by atoms with Crippen LogP contribution in [0.3, 0.4) is 0 Å². The topological polar surface area (TPSA) is 109 Å². The minimum absolute atomic E-state index is 0.0262. The lowest BCUT2D eigenvalue weighted by Crippen LogP contribution is -2.38. The summed E-state index contributed by atoms with van der Waals surface area (Å²) < 4.78 is 1.27. The Morgan fingerprint density at radius 1 is 1.17 bits per heavy atom. The van der Waals surface area contributed by atoms with Crippen molar-refractivity contribution in [3.63, 3.8) is 0 Å². The molecule has 0 spiro atoms. The lowest BCUT2D eigenvalue weighted by molar-refractivity contribution is 0.102. The number of benzene rings is 1. The third kappa shape index (κ3) is 4.13. The molecule has 3 rings (SSSR count). The molecule has 0 bridgehead atoms. The van der Waals surface area contributed by atoms with E-state index in [-0.39, 0.29) is 35.2 Å². The number of ketones is 1. The number of nitrogens with zero attached hydrogens (tertiary/aromatic N) is 3. The van der Waals surface area contributed by atoms with Gasteiger partial charge in [0.15, 0.2) is 0 Å². The Labute approximate surface area is 173 Å². The van der Waals surface area contributed by atoms with Gasteiger partial charge in [0.2, 0.25) is 5.78 Å². The van der Waals surface area contributed by atoms with E-state index in [4.69, 9.17) is 5.26 Å². The van der Waals surface area contributed by atoms with Crippen LogP contribution in [0.5, 0.6) is 0 Å². The lowest BCUT2D eigenvalue weighted by atomic mass is 9.95. The molecule has 1 N–H and O–H groups in total.